The number of piperidine rings is 1. The standard InChI is InChI=1S/C18H24FN3O2/c1-11-5-6-13(17(23)21-11)12-7-8-14(16(24-4)15(12)19)22-9-18(2,10-22)20-3/h7-8,13,20H,1,5-6,9-10H2,2-4H3,(H,21,23). The zero-order valence-corrected chi connectivity index (χ0v) is 14.4. The lowest BCUT2D eigenvalue weighted by Crippen LogP contribution is -2.66. The van der Waals surface area contributed by atoms with Crippen molar-refractivity contribution in [2.24, 2.45) is 0 Å². The number of nitrogens with one attached hydrogen (secondary N) is 2. The first-order valence-electron chi connectivity index (χ1n) is 8.17. The fraction of sp³-hybridized carbons (Fsp3) is 0.500. The maximum atomic E-state index is 15.0. The number of hydrogen-bond donors (Lipinski definition) is 2. The van der Waals surface area contributed by atoms with Gasteiger partial charge in [-0.25, -0.2) is 4.39 Å². The van der Waals surface area contributed by atoms with Gasteiger partial charge in [0.1, 0.15) is 0 Å². The Bertz CT molecular complexity index is 683. The van der Waals surface area contributed by atoms with E-state index in [2.05, 4.69) is 29.0 Å². The van der Waals surface area contributed by atoms with E-state index in [0.29, 0.717) is 24.1 Å². The number of nitrogens with zero attached hydrogens (tertiary/aromatic N) is 1. The number of allylic oxidation sites excluding steroid dienone is 1. The molecule has 1 aromatic rings. The number of hydrogen-bond acceptors (Lipinski definition) is 4. The molecule has 3 rings (SSSR count). The van der Waals surface area contributed by atoms with Gasteiger partial charge in [0.05, 0.1) is 24.3 Å². The van der Waals surface area contributed by atoms with Crippen LogP contribution in [0.5, 0.6) is 5.75 Å². The van der Waals surface area contributed by atoms with Gasteiger partial charge in [0, 0.05) is 24.4 Å². The molecule has 130 valence electrons. The first-order valence-corrected chi connectivity index (χ1v) is 8.17. The summed E-state index contributed by atoms with van der Waals surface area (Å²) < 4.78 is 20.4. The quantitative estimate of drug-likeness (QED) is 0.886. The molecule has 0 spiro atoms. The number of anilines is 1. The highest BCUT2D eigenvalue weighted by atomic mass is 19.1. The maximum Gasteiger partial charge on any atom is 0.231 e. The van der Waals surface area contributed by atoms with Crippen molar-refractivity contribution in [2.75, 3.05) is 32.1 Å². The molecule has 5 nitrogen and oxygen atoms in total. The third-order valence-corrected chi connectivity index (χ3v) is 5.06. The molecule has 1 unspecified atom stereocenters. The van der Waals surface area contributed by atoms with Crippen LogP contribution in [0, 0.1) is 5.82 Å². The van der Waals surface area contributed by atoms with Crippen LogP contribution in [-0.2, 0) is 4.79 Å². The Labute approximate surface area is 141 Å². The molecule has 1 atom stereocenters. The van der Waals surface area contributed by atoms with Crippen molar-refractivity contribution in [3.05, 3.63) is 35.8 Å². The first kappa shape index (κ1) is 16.8. The molecule has 2 aliphatic rings. The molecule has 2 fully saturated rings. The lowest BCUT2D eigenvalue weighted by atomic mass is 9.88. The van der Waals surface area contributed by atoms with Crippen LogP contribution >= 0.6 is 0 Å². The van der Waals surface area contributed by atoms with E-state index in [4.69, 9.17) is 4.74 Å². The molecular formula is C18H24FN3O2. The normalized spacial score (nSPS) is 22.8. The van der Waals surface area contributed by atoms with Crippen molar-refractivity contribution in [3.63, 3.8) is 0 Å². The van der Waals surface area contributed by atoms with Gasteiger partial charge in [-0.15, -0.1) is 0 Å². The zero-order valence-electron chi connectivity index (χ0n) is 14.4. The van der Waals surface area contributed by atoms with Crippen LogP contribution < -0.4 is 20.3 Å². The van der Waals surface area contributed by atoms with E-state index in [1.54, 1.807) is 6.07 Å². The van der Waals surface area contributed by atoms with Gasteiger partial charge in [0.15, 0.2) is 11.6 Å². The van der Waals surface area contributed by atoms with E-state index < -0.39 is 11.7 Å². The topological polar surface area (TPSA) is 53.6 Å². The zero-order chi connectivity index (χ0) is 17.5. The van der Waals surface area contributed by atoms with Gasteiger partial charge in [0.25, 0.3) is 0 Å². The Balaban J connectivity index is 1.89. The highest BCUT2D eigenvalue weighted by Crippen LogP contribution is 2.40. The predicted octanol–water partition coefficient (Wildman–Crippen LogP) is 2.14. The fourth-order valence-corrected chi connectivity index (χ4v) is 3.47. The number of carbonyl (C=O) groups is 1. The summed E-state index contributed by atoms with van der Waals surface area (Å²) >= 11 is 0. The minimum atomic E-state index is -0.502. The number of amides is 1. The molecule has 1 amide bonds. The van der Waals surface area contributed by atoms with Crippen LogP contribution in [0.25, 0.3) is 0 Å². The average molecular weight is 333 g/mol. The Morgan fingerprint density at radius 3 is 2.75 bits per heavy atom. The number of ether oxygens (including phenoxy) is 1. The van der Waals surface area contributed by atoms with E-state index in [9.17, 15) is 4.79 Å². The number of rotatable bonds is 4. The molecule has 2 heterocycles. The summed E-state index contributed by atoms with van der Waals surface area (Å²) in [4.78, 5) is 14.2. The van der Waals surface area contributed by atoms with Crippen LogP contribution in [0.3, 0.4) is 0 Å². The fourth-order valence-electron chi connectivity index (χ4n) is 3.47. The van der Waals surface area contributed by atoms with Crippen molar-refractivity contribution in [1.82, 2.24) is 10.6 Å². The van der Waals surface area contributed by atoms with E-state index in [-0.39, 0.29) is 17.2 Å². The molecule has 0 radical (unpaired) electrons. The van der Waals surface area contributed by atoms with E-state index in [1.807, 2.05) is 13.1 Å². The van der Waals surface area contributed by atoms with Crippen LogP contribution in [-0.4, -0.2) is 38.7 Å². The van der Waals surface area contributed by atoms with Crippen molar-refractivity contribution in [1.29, 1.82) is 0 Å². The van der Waals surface area contributed by atoms with Gasteiger partial charge in [-0.1, -0.05) is 12.6 Å². The second-order valence-electron chi connectivity index (χ2n) is 6.87. The molecular weight excluding hydrogens is 309 g/mol. The molecule has 1 aromatic carbocycles. The Morgan fingerprint density at radius 1 is 1.46 bits per heavy atom. The van der Waals surface area contributed by atoms with Crippen molar-refractivity contribution in [2.45, 2.75) is 31.2 Å². The summed E-state index contributed by atoms with van der Waals surface area (Å²) in [5.74, 6) is -0.937. The number of methoxy groups -OCH3 is 1. The number of likely N-dealkylation sites (N-methyl/N-ethyl adjacent to an activating group) is 1. The van der Waals surface area contributed by atoms with Gasteiger partial charge in [-0.3, -0.25) is 4.79 Å². The minimum Gasteiger partial charge on any atom is -0.492 e. The summed E-state index contributed by atoms with van der Waals surface area (Å²) in [5.41, 5.74) is 1.83. The summed E-state index contributed by atoms with van der Waals surface area (Å²) in [5, 5.41) is 5.98. The molecule has 0 saturated carbocycles. The van der Waals surface area contributed by atoms with Gasteiger partial charge in [-0.2, -0.15) is 0 Å². The molecule has 2 aliphatic heterocycles. The van der Waals surface area contributed by atoms with Gasteiger partial charge >= 0.3 is 0 Å². The third-order valence-electron chi connectivity index (χ3n) is 5.06. The van der Waals surface area contributed by atoms with Crippen molar-refractivity contribution >= 4 is 11.6 Å². The predicted molar refractivity (Wildman–Crippen MR) is 91.9 cm³/mol. The van der Waals surface area contributed by atoms with Gasteiger partial charge in [-0.05, 0) is 32.9 Å². The third kappa shape index (κ3) is 2.75. The van der Waals surface area contributed by atoms with E-state index >= 15 is 4.39 Å². The summed E-state index contributed by atoms with van der Waals surface area (Å²) in [7, 11) is 3.39. The van der Waals surface area contributed by atoms with Crippen LogP contribution in [0.1, 0.15) is 31.2 Å². The second-order valence-corrected chi connectivity index (χ2v) is 6.87. The summed E-state index contributed by atoms with van der Waals surface area (Å²) in [6.45, 7) is 7.45. The highest BCUT2D eigenvalue weighted by molar-refractivity contribution is 5.86. The van der Waals surface area contributed by atoms with Gasteiger partial charge in [0.2, 0.25) is 5.91 Å². The molecule has 0 bridgehead atoms. The number of carbonyl (C=O) groups excluding carboxylic acids is 1. The van der Waals surface area contributed by atoms with Gasteiger partial charge < -0.3 is 20.3 Å². The Kier molecular flexibility index (Phi) is 4.25. The SMILES string of the molecule is C=C1CCC(c2ccc(N3CC(C)(NC)C3)c(OC)c2F)C(=O)N1. The lowest BCUT2D eigenvalue weighted by Gasteiger charge is -2.49. The monoisotopic (exact) mass is 333 g/mol. The van der Waals surface area contributed by atoms with Crippen LogP contribution in [0.15, 0.2) is 24.4 Å². The van der Waals surface area contributed by atoms with E-state index in [1.165, 1.54) is 7.11 Å². The molecule has 2 saturated heterocycles. The smallest absolute Gasteiger partial charge is 0.231 e. The average Bonchev–Trinajstić information content (AvgIpc) is 2.52. The summed E-state index contributed by atoms with van der Waals surface area (Å²) in [6, 6.07) is 3.56. The molecule has 2 N–H and O–H groups in total. The highest BCUT2D eigenvalue weighted by Gasteiger charge is 2.39. The molecule has 0 aliphatic carbocycles. The van der Waals surface area contributed by atoms with Crippen molar-refractivity contribution < 1.29 is 13.9 Å². The number of benzene rings is 1. The van der Waals surface area contributed by atoms with Crippen LogP contribution in [0.2, 0.25) is 0 Å². The first-order chi connectivity index (χ1) is 11.4. The largest absolute Gasteiger partial charge is 0.492 e. The lowest BCUT2D eigenvalue weighted by molar-refractivity contribution is -0.122. The second kappa shape index (κ2) is 6.09. The molecule has 24 heavy (non-hydrogen) atoms. The minimum absolute atomic E-state index is 0.0315. The van der Waals surface area contributed by atoms with Crippen molar-refractivity contribution in [3.8, 4) is 5.75 Å². The Hall–Kier alpha value is -2.08. The molecule has 0 aromatic heterocycles. The van der Waals surface area contributed by atoms with Crippen LogP contribution in [0.4, 0.5) is 10.1 Å². The van der Waals surface area contributed by atoms with E-state index in [0.717, 1.165) is 18.8 Å². The Morgan fingerprint density at radius 2 is 2.17 bits per heavy atom. The number of halogens is 1. The maximum absolute atomic E-state index is 15.0. The summed E-state index contributed by atoms with van der Waals surface area (Å²) in [6.07, 6.45) is 1.22. The molecule has 6 heteroatoms.